The Labute approximate surface area is 147 Å². The summed E-state index contributed by atoms with van der Waals surface area (Å²) < 4.78 is 0. The normalized spacial score (nSPS) is 46.4. The van der Waals surface area contributed by atoms with Crippen LogP contribution in [0.2, 0.25) is 0 Å². The topological polar surface area (TPSA) is 94.8 Å². The number of carbonyl (C=O) groups is 2. The molecule has 0 aromatic rings. The van der Waals surface area contributed by atoms with Gasteiger partial charge in [0.2, 0.25) is 0 Å². The van der Waals surface area contributed by atoms with Crippen LogP contribution >= 0.6 is 0 Å². The molecule has 0 bridgehead atoms. The number of allylic oxidation sites excluding steroid dienone is 3. The average Bonchev–Trinajstić information content (AvgIpc) is 2.56. The summed E-state index contributed by atoms with van der Waals surface area (Å²) in [5, 5.41) is 32.2. The molecule has 5 heteroatoms. The number of aliphatic carboxylic acids is 1. The van der Waals surface area contributed by atoms with E-state index in [9.17, 15) is 24.9 Å². The Morgan fingerprint density at radius 3 is 2.48 bits per heavy atom. The van der Waals surface area contributed by atoms with Crippen molar-refractivity contribution < 1.29 is 24.9 Å². The molecular formula is C20H26O5. The summed E-state index contributed by atoms with van der Waals surface area (Å²) in [5.74, 6) is -1.41. The van der Waals surface area contributed by atoms with Gasteiger partial charge in [0.05, 0.1) is 11.5 Å². The van der Waals surface area contributed by atoms with Gasteiger partial charge < -0.3 is 15.3 Å². The lowest BCUT2D eigenvalue weighted by Gasteiger charge is -2.59. The average molecular weight is 346 g/mol. The minimum atomic E-state index is -1.58. The highest BCUT2D eigenvalue weighted by Gasteiger charge is 2.66. The number of ketones is 1. The van der Waals surface area contributed by atoms with Gasteiger partial charge in [0.15, 0.2) is 5.78 Å². The molecule has 5 atom stereocenters. The third kappa shape index (κ3) is 2.09. The molecule has 3 N–H and O–H groups in total. The number of aliphatic hydroxyl groups is 2. The number of carboxylic acids is 1. The first-order valence-electron chi connectivity index (χ1n) is 8.72. The monoisotopic (exact) mass is 346 g/mol. The Bertz CT molecular complexity index is 734. The first kappa shape index (κ1) is 18.1. The van der Waals surface area contributed by atoms with E-state index in [0.717, 1.165) is 0 Å². The van der Waals surface area contributed by atoms with E-state index in [2.05, 4.69) is 6.58 Å². The second-order valence-electron chi connectivity index (χ2n) is 8.44. The van der Waals surface area contributed by atoms with Crippen molar-refractivity contribution in [2.45, 2.75) is 58.2 Å². The van der Waals surface area contributed by atoms with Gasteiger partial charge in [-0.3, -0.25) is 9.59 Å². The zero-order valence-corrected chi connectivity index (χ0v) is 15.0. The molecule has 0 aromatic carbocycles. The maximum atomic E-state index is 12.8. The predicted octanol–water partition coefficient (Wildman–Crippen LogP) is 2.39. The van der Waals surface area contributed by atoms with Gasteiger partial charge in [0, 0.05) is 16.4 Å². The molecule has 3 aliphatic carbocycles. The number of rotatable bonds is 2. The highest BCUT2D eigenvalue weighted by molar-refractivity contribution is 6.09. The minimum absolute atomic E-state index is 0.234. The van der Waals surface area contributed by atoms with Crippen molar-refractivity contribution in [3.8, 4) is 0 Å². The zero-order valence-electron chi connectivity index (χ0n) is 15.0. The fourth-order valence-corrected chi connectivity index (χ4v) is 4.92. The summed E-state index contributed by atoms with van der Waals surface area (Å²) in [6.07, 6.45) is 5.26. The Balaban J connectivity index is 2.30. The molecule has 3 rings (SSSR count). The van der Waals surface area contributed by atoms with Gasteiger partial charge in [0.1, 0.15) is 5.60 Å². The van der Waals surface area contributed by atoms with Gasteiger partial charge in [-0.2, -0.15) is 0 Å². The Morgan fingerprint density at radius 1 is 1.28 bits per heavy atom. The molecule has 1 fully saturated rings. The maximum absolute atomic E-state index is 12.8. The first-order chi connectivity index (χ1) is 11.4. The molecule has 0 radical (unpaired) electrons. The van der Waals surface area contributed by atoms with E-state index in [1.54, 1.807) is 26.0 Å². The molecule has 5 nitrogen and oxygen atoms in total. The van der Waals surface area contributed by atoms with Crippen LogP contribution in [-0.2, 0) is 9.59 Å². The van der Waals surface area contributed by atoms with Crippen LogP contribution in [0, 0.1) is 16.2 Å². The van der Waals surface area contributed by atoms with Crippen molar-refractivity contribution in [2.24, 2.45) is 16.2 Å². The summed E-state index contributed by atoms with van der Waals surface area (Å²) in [4.78, 5) is 24.8. The van der Waals surface area contributed by atoms with Gasteiger partial charge in [0.25, 0.3) is 0 Å². The minimum Gasteiger partial charge on any atom is -0.481 e. The van der Waals surface area contributed by atoms with E-state index in [1.165, 1.54) is 6.08 Å². The van der Waals surface area contributed by atoms with Gasteiger partial charge in [-0.05, 0) is 44.3 Å². The van der Waals surface area contributed by atoms with Crippen LogP contribution in [0.25, 0.3) is 0 Å². The van der Waals surface area contributed by atoms with E-state index in [-0.39, 0.29) is 30.6 Å². The fraction of sp³-hybridized carbons (Fsp3) is 0.600. The number of aliphatic hydroxyl groups excluding tert-OH is 1. The molecule has 136 valence electrons. The molecule has 3 aliphatic rings. The lowest BCUT2D eigenvalue weighted by atomic mass is 9.46. The molecule has 0 saturated heterocycles. The van der Waals surface area contributed by atoms with E-state index >= 15 is 0 Å². The fourth-order valence-electron chi connectivity index (χ4n) is 4.92. The molecule has 5 unspecified atom stereocenters. The van der Waals surface area contributed by atoms with Crippen molar-refractivity contribution in [2.75, 3.05) is 0 Å². The standard InChI is InChI=1S/C20H26O5/c1-5-17(2)8-9-20(25)12(11-17)13(21)10-14-18(3,16(23)24)7-6-15(22)19(14,20)4/h5,10-11,15,22,25H,1,6-9H2,2-4H3,(H,23,24). The Morgan fingerprint density at radius 2 is 1.92 bits per heavy atom. The van der Waals surface area contributed by atoms with E-state index in [4.69, 9.17) is 0 Å². The number of hydrogen-bond acceptors (Lipinski definition) is 4. The molecule has 0 spiro atoms. The third-order valence-corrected chi connectivity index (χ3v) is 7.02. The van der Waals surface area contributed by atoms with Gasteiger partial charge in [-0.1, -0.05) is 26.0 Å². The lowest BCUT2D eigenvalue weighted by molar-refractivity contribution is -0.162. The molecule has 25 heavy (non-hydrogen) atoms. The van der Waals surface area contributed by atoms with E-state index in [1.807, 2.05) is 6.92 Å². The van der Waals surface area contributed by atoms with Crippen molar-refractivity contribution in [1.82, 2.24) is 0 Å². The first-order valence-corrected chi connectivity index (χ1v) is 8.72. The number of carboxylic acid groups (broad SMARTS) is 1. The largest absolute Gasteiger partial charge is 0.481 e. The number of carbonyl (C=O) groups excluding carboxylic acids is 1. The van der Waals surface area contributed by atoms with Gasteiger partial charge >= 0.3 is 5.97 Å². The van der Waals surface area contributed by atoms with Crippen molar-refractivity contribution >= 4 is 11.8 Å². The van der Waals surface area contributed by atoms with Crippen LogP contribution in [-0.4, -0.2) is 38.8 Å². The molecular weight excluding hydrogens is 320 g/mol. The molecule has 1 saturated carbocycles. The Kier molecular flexibility index (Phi) is 3.72. The van der Waals surface area contributed by atoms with Crippen LogP contribution in [0.1, 0.15) is 46.5 Å². The van der Waals surface area contributed by atoms with Crippen molar-refractivity contribution in [3.63, 3.8) is 0 Å². The maximum Gasteiger partial charge on any atom is 0.313 e. The highest BCUT2D eigenvalue weighted by Crippen LogP contribution is 2.62. The summed E-state index contributed by atoms with van der Waals surface area (Å²) in [6.45, 7) is 9.04. The van der Waals surface area contributed by atoms with Crippen LogP contribution in [0.5, 0.6) is 0 Å². The van der Waals surface area contributed by atoms with E-state index in [0.29, 0.717) is 12.0 Å². The van der Waals surface area contributed by atoms with Crippen molar-refractivity contribution in [3.05, 3.63) is 36.0 Å². The third-order valence-electron chi connectivity index (χ3n) is 7.02. The SMILES string of the molecule is C=CC1(C)C=C2C(=O)C=C3C(C)(C(=O)O)CCC(O)C3(C)C2(O)CC1. The van der Waals surface area contributed by atoms with Crippen LogP contribution < -0.4 is 0 Å². The summed E-state index contributed by atoms with van der Waals surface area (Å²) >= 11 is 0. The second kappa shape index (κ2) is 5.15. The molecule has 0 amide bonds. The summed E-state index contributed by atoms with van der Waals surface area (Å²) in [7, 11) is 0. The van der Waals surface area contributed by atoms with Crippen LogP contribution in [0.3, 0.4) is 0 Å². The zero-order chi connectivity index (χ0) is 18.8. The highest BCUT2D eigenvalue weighted by atomic mass is 16.4. The predicted molar refractivity (Wildman–Crippen MR) is 92.8 cm³/mol. The lowest BCUT2D eigenvalue weighted by Crippen LogP contribution is -2.65. The molecule has 0 aliphatic heterocycles. The Hall–Kier alpha value is -1.72. The van der Waals surface area contributed by atoms with E-state index < -0.39 is 33.9 Å². The second-order valence-corrected chi connectivity index (χ2v) is 8.44. The number of hydrogen-bond donors (Lipinski definition) is 3. The van der Waals surface area contributed by atoms with Crippen LogP contribution in [0.4, 0.5) is 0 Å². The summed E-state index contributed by atoms with van der Waals surface area (Å²) in [5.41, 5.74) is -3.88. The van der Waals surface area contributed by atoms with Gasteiger partial charge in [-0.25, -0.2) is 0 Å². The van der Waals surface area contributed by atoms with Gasteiger partial charge in [-0.15, -0.1) is 6.58 Å². The number of fused-ring (bicyclic) bond motifs is 3. The van der Waals surface area contributed by atoms with Crippen LogP contribution in [0.15, 0.2) is 36.0 Å². The quantitative estimate of drug-likeness (QED) is 0.667. The van der Waals surface area contributed by atoms with Crippen molar-refractivity contribution in [1.29, 1.82) is 0 Å². The summed E-state index contributed by atoms with van der Waals surface area (Å²) in [6, 6.07) is 0. The molecule has 0 heterocycles. The smallest absolute Gasteiger partial charge is 0.313 e. The molecule has 0 aromatic heterocycles.